The fourth-order valence-electron chi connectivity index (χ4n) is 3.15. The van der Waals surface area contributed by atoms with Gasteiger partial charge in [-0.1, -0.05) is 13.8 Å². The normalized spacial score (nSPS) is 17.0. The van der Waals surface area contributed by atoms with E-state index in [9.17, 15) is 36.7 Å². The van der Waals surface area contributed by atoms with Gasteiger partial charge in [-0.05, 0) is 12.3 Å². The molecule has 3 atom stereocenters. The summed E-state index contributed by atoms with van der Waals surface area (Å²) in [5.41, 5.74) is 0. The lowest BCUT2D eigenvalue weighted by atomic mass is 10.0. The molecule has 1 heterocycles. The van der Waals surface area contributed by atoms with E-state index in [0.717, 1.165) is 0 Å². The summed E-state index contributed by atoms with van der Waals surface area (Å²) in [6.07, 6.45) is -0.0240. The average molecular weight is 532 g/mol. The topological polar surface area (TPSA) is 156 Å². The van der Waals surface area contributed by atoms with Crippen LogP contribution >= 0.6 is 0 Å². The number of carbonyl (C=O) groups excluding carboxylic acids is 3. The van der Waals surface area contributed by atoms with Crippen LogP contribution in [0.5, 0.6) is 0 Å². The zero-order valence-corrected chi connectivity index (χ0v) is 19.9. The summed E-state index contributed by atoms with van der Waals surface area (Å²) in [5, 5.41) is 15.7. The third kappa shape index (κ3) is 12.9. The van der Waals surface area contributed by atoms with Crippen LogP contribution in [0.1, 0.15) is 20.3 Å². The Morgan fingerprint density at radius 2 is 1.36 bits per heavy atom. The van der Waals surface area contributed by atoms with Gasteiger partial charge in [-0.15, -0.1) is 0 Å². The van der Waals surface area contributed by atoms with E-state index in [4.69, 9.17) is 9.84 Å². The number of halogens is 4. The third-order valence-electron chi connectivity index (χ3n) is 4.86. The first-order valence-corrected chi connectivity index (χ1v) is 11.1. The van der Waals surface area contributed by atoms with Crippen LogP contribution in [0.25, 0.3) is 0 Å². The highest BCUT2D eigenvalue weighted by Crippen LogP contribution is 2.08. The molecule has 16 heteroatoms. The quantitative estimate of drug-likeness (QED) is 0.190. The first-order valence-electron chi connectivity index (χ1n) is 11.1. The lowest BCUT2D eigenvalue weighted by molar-refractivity contribution is -0.156. The van der Waals surface area contributed by atoms with Crippen molar-refractivity contribution in [2.24, 2.45) is 5.92 Å². The second kappa shape index (κ2) is 16.2. The van der Waals surface area contributed by atoms with Crippen molar-refractivity contribution in [2.45, 2.75) is 51.6 Å². The Morgan fingerprint density at radius 3 is 1.86 bits per heavy atom. The highest BCUT2D eigenvalue weighted by Gasteiger charge is 2.31. The largest absolute Gasteiger partial charge is 0.480 e. The predicted molar refractivity (Wildman–Crippen MR) is 114 cm³/mol. The summed E-state index contributed by atoms with van der Waals surface area (Å²) >= 11 is 0. The lowest BCUT2D eigenvalue weighted by Gasteiger charge is -2.28. The summed E-state index contributed by atoms with van der Waals surface area (Å²) in [5.74, 6) is -4.60. The van der Waals surface area contributed by atoms with Gasteiger partial charge in [-0.25, -0.2) is 4.79 Å². The smallest absolute Gasteiger partial charge is 0.345 e. The molecule has 0 aliphatic carbocycles. The molecule has 0 spiro atoms. The SMILES string of the molecule is CC(C)C[C@H](NC(=O)[C@H](COC(F)F)NC(=O)CN1CCOCC1)C(=O)N[C@@H](COC(F)F)C(=O)O. The molecule has 0 saturated carbocycles. The maximum absolute atomic E-state index is 12.8. The molecule has 1 aliphatic heterocycles. The van der Waals surface area contributed by atoms with Crippen LogP contribution in [-0.2, 0) is 33.4 Å². The molecule has 0 radical (unpaired) electrons. The molecule has 3 amide bonds. The van der Waals surface area contributed by atoms with Crippen molar-refractivity contribution in [3.63, 3.8) is 0 Å². The Kier molecular flexibility index (Phi) is 14.2. The number of aliphatic carboxylic acids is 1. The van der Waals surface area contributed by atoms with Crippen LogP contribution in [0, 0.1) is 5.92 Å². The molecule has 1 aliphatic rings. The molecule has 1 saturated heterocycles. The van der Waals surface area contributed by atoms with E-state index in [2.05, 4.69) is 20.1 Å². The minimum Gasteiger partial charge on any atom is -0.480 e. The average Bonchev–Trinajstić information content (AvgIpc) is 2.78. The van der Waals surface area contributed by atoms with Gasteiger partial charge in [0.15, 0.2) is 6.04 Å². The van der Waals surface area contributed by atoms with Crippen molar-refractivity contribution >= 4 is 23.7 Å². The summed E-state index contributed by atoms with van der Waals surface area (Å²) < 4.78 is 63.1. The van der Waals surface area contributed by atoms with Gasteiger partial charge in [0.1, 0.15) is 12.1 Å². The number of nitrogens with one attached hydrogen (secondary N) is 3. The molecule has 1 rings (SSSR count). The van der Waals surface area contributed by atoms with E-state index in [1.165, 1.54) is 0 Å². The van der Waals surface area contributed by atoms with E-state index in [1.807, 2.05) is 5.32 Å². The van der Waals surface area contributed by atoms with Gasteiger partial charge in [0, 0.05) is 13.1 Å². The highest BCUT2D eigenvalue weighted by molar-refractivity contribution is 5.93. The number of rotatable bonds is 16. The number of carboxylic acid groups (broad SMARTS) is 1. The number of alkyl halides is 4. The number of carboxylic acids is 1. The van der Waals surface area contributed by atoms with E-state index >= 15 is 0 Å². The number of hydrogen-bond donors (Lipinski definition) is 4. The van der Waals surface area contributed by atoms with Gasteiger partial charge in [0.25, 0.3) is 0 Å². The van der Waals surface area contributed by atoms with E-state index in [0.29, 0.717) is 26.3 Å². The molecule has 0 aromatic carbocycles. The standard InChI is InChI=1S/C20H32F4N4O8/c1-11(2)7-12(16(30)27-14(18(32)33)10-36-20(23)24)26-17(31)13(9-35-19(21)22)25-15(29)8-28-3-5-34-6-4-28/h11-14,19-20H,3-10H2,1-2H3,(H,25,29)(H,26,31)(H,27,30)(H,32,33)/t12-,13-,14-/m0/s1. The zero-order chi connectivity index (χ0) is 27.3. The number of morpholine rings is 1. The monoisotopic (exact) mass is 532 g/mol. The Hall–Kier alpha value is -2.56. The summed E-state index contributed by atoms with van der Waals surface area (Å²) in [4.78, 5) is 50.9. The molecule has 208 valence electrons. The lowest BCUT2D eigenvalue weighted by Crippen LogP contribution is -2.58. The van der Waals surface area contributed by atoms with Gasteiger partial charge in [0.2, 0.25) is 17.7 Å². The maximum atomic E-state index is 12.8. The van der Waals surface area contributed by atoms with E-state index in [1.54, 1.807) is 18.7 Å². The number of hydrogen-bond acceptors (Lipinski definition) is 8. The number of carbonyl (C=O) groups is 4. The highest BCUT2D eigenvalue weighted by atomic mass is 19.3. The van der Waals surface area contributed by atoms with Crippen molar-refractivity contribution in [1.29, 1.82) is 0 Å². The summed E-state index contributed by atoms with van der Waals surface area (Å²) in [6, 6.07) is -4.83. The Balaban J connectivity index is 2.89. The molecule has 0 unspecified atom stereocenters. The first-order chi connectivity index (χ1) is 16.9. The van der Waals surface area contributed by atoms with Gasteiger partial charge < -0.3 is 35.3 Å². The minimum absolute atomic E-state index is 0.0240. The third-order valence-corrected chi connectivity index (χ3v) is 4.86. The predicted octanol–water partition coefficient (Wildman–Crippen LogP) is -0.618. The van der Waals surface area contributed by atoms with Crippen LogP contribution in [0.4, 0.5) is 17.6 Å². The number of amides is 3. The number of ether oxygens (including phenoxy) is 3. The fraction of sp³-hybridized carbons (Fsp3) is 0.800. The van der Waals surface area contributed by atoms with Crippen molar-refractivity contribution in [1.82, 2.24) is 20.9 Å². The molecule has 1 fully saturated rings. The summed E-state index contributed by atoms with van der Waals surface area (Å²) in [6.45, 7) is -3.52. The molecular weight excluding hydrogens is 500 g/mol. The molecule has 12 nitrogen and oxygen atoms in total. The zero-order valence-electron chi connectivity index (χ0n) is 19.9. The van der Waals surface area contributed by atoms with E-state index in [-0.39, 0.29) is 18.9 Å². The van der Waals surface area contributed by atoms with Crippen molar-refractivity contribution in [3.8, 4) is 0 Å². The molecular formula is C20H32F4N4O8. The van der Waals surface area contributed by atoms with Crippen molar-refractivity contribution in [3.05, 3.63) is 0 Å². The fourth-order valence-corrected chi connectivity index (χ4v) is 3.15. The molecule has 0 bridgehead atoms. The molecule has 4 N–H and O–H groups in total. The van der Waals surface area contributed by atoms with Gasteiger partial charge in [-0.2, -0.15) is 17.6 Å². The van der Waals surface area contributed by atoms with Crippen LogP contribution < -0.4 is 16.0 Å². The van der Waals surface area contributed by atoms with Crippen LogP contribution in [-0.4, -0.2) is 111 Å². The first kappa shape index (κ1) is 31.5. The second-order valence-corrected chi connectivity index (χ2v) is 8.29. The molecule has 0 aromatic heterocycles. The Labute approximate surface area is 205 Å². The number of nitrogens with zero attached hydrogens (tertiary/aromatic N) is 1. The van der Waals surface area contributed by atoms with Crippen LogP contribution in [0.2, 0.25) is 0 Å². The maximum Gasteiger partial charge on any atom is 0.345 e. The minimum atomic E-state index is -3.27. The molecule has 36 heavy (non-hydrogen) atoms. The van der Waals surface area contributed by atoms with Crippen LogP contribution in [0.15, 0.2) is 0 Å². The summed E-state index contributed by atoms with van der Waals surface area (Å²) in [7, 11) is 0. The van der Waals surface area contributed by atoms with Gasteiger partial charge in [-0.3, -0.25) is 19.3 Å². The van der Waals surface area contributed by atoms with Crippen molar-refractivity contribution < 1.29 is 56.1 Å². The van der Waals surface area contributed by atoms with Crippen molar-refractivity contribution in [2.75, 3.05) is 46.1 Å². The van der Waals surface area contributed by atoms with Gasteiger partial charge in [0.05, 0.1) is 33.0 Å². The molecule has 0 aromatic rings. The van der Waals surface area contributed by atoms with E-state index < -0.39 is 68.3 Å². The van der Waals surface area contributed by atoms with Gasteiger partial charge >= 0.3 is 19.2 Å². The second-order valence-electron chi connectivity index (χ2n) is 8.29. The Bertz CT molecular complexity index is 726. The Morgan fingerprint density at radius 1 is 0.861 bits per heavy atom. The van der Waals surface area contributed by atoms with Crippen LogP contribution in [0.3, 0.4) is 0 Å².